The summed E-state index contributed by atoms with van der Waals surface area (Å²) in [5.41, 5.74) is 4.00. The molecule has 31 heavy (non-hydrogen) atoms. The van der Waals surface area contributed by atoms with Crippen LogP contribution in [-0.4, -0.2) is 47.2 Å². The van der Waals surface area contributed by atoms with Crippen molar-refractivity contribution >= 4 is 0 Å². The zero-order valence-corrected chi connectivity index (χ0v) is 18.2. The highest BCUT2D eigenvalue weighted by molar-refractivity contribution is 5.52. The number of likely N-dealkylation sites (tertiary alicyclic amines) is 1. The Morgan fingerprint density at radius 2 is 1.87 bits per heavy atom. The average molecular weight is 421 g/mol. The second-order valence-corrected chi connectivity index (χ2v) is 7.94. The lowest BCUT2D eigenvalue weighted by atomic mass is 9.92. The number of benzene rings is 1. The Bertz CT molecular complexity index is 1090. The van der Waals surface area contributed by atoms with Crippen molar-refractivity contribution in [1.82, 2.24) is 19.9 Å². The molecule has 0 aliphatic carbocycles. The molecule has 0 spiro atoms. The highest BCUT2D eigenvalue weighted by Crippen LogP contribution is 2.32. The molecule has 7 heteroatoms. The lowest BCUT2D eigenvalue weighted by molar-refractivity contribution is 0.202. The van der Waals surface area contributed by atoms with Gasteiger partial charge in [-0.3, -0.25) is 14.7 Å². The monoisotopic (exact) mass is 420 g/mol. The van der Waals surface area contributed by atoms with Crippen LogP contribution in [0.5, 0.6) is 11.5 Å². The van der Waals surface area contributed by atoms with Crippen molar-refractivity contribution in [3.8, 4) is 22.9 Å². The van der Waals surface area contributed by atoms with Crippen molar-refractivity contribution in [3.63, 3.8) is 0 Å². The molecule has 0 radical (unpaired) electrons. The molecule has 1 N–H and O–H groups in total. The van der Waals surface area contributed by atoms with Crippen molar-refractivity contribution in [2.24, 2.45) is 0 Å². The van der Waals surface area contributed by atoms with Crippen molar-refractivity contribution in [1.29, 1.82) is 0 Å². The van der Waals surface area contributed by atoms with Gasteiger partial charge in [0.25, 0.3) is 5.56 Å². The number of rotatable bonds is 6. The van der Waals surface area contributed by atoms with Gasteiger partial charge in [-0.05, 0) is 68.2 Å². The molecule has 0 unspecified atom stereocenters. The van der Waals surface area contributed by atoms with Crippen LogP contribution in [0.1, 0.15) is 35.6 Å². The molecule has 1 aromatic carbocycles. The molecule has 0 atom stereocenters. The summed E-state index contributed by atoms with van der Waals surface area (Å²) in [4.78, 5) is 26.4. The van der Waals surface area contributed by atoms with Gasteiger partial charge in [0.1, 0.15) is 5.82 Å². The Kier molecular flexibility index (Phi) is 6.32. The highest BCUT2D eigenvalue weighted by Gasteiger charge is 2.23. The second kappa shape index (κ2) is 9.31. The average Bonchev–Trinajstić information content (AvgIpc) is 2.80. The van der Waals surface area contributed by atoms with E-state index >= 15 is 0 Å². The maximum atomic E-state index is 12.2. The minimum Gasteiger partial charge on any atom is -0.493 e. The molecule has 3 aromatic rings. The van der Waals surface area contributed by atoms with E-state index in [4.69, 9.17) is 14.5 Å². The van der Waals surface area contributed by atoms with E-state index in [1.165, 1.54) is 11.1 Å². The molecule has 7 nitrogen and oxygen atoms in total. The summed E-state index contributed by atoms with van der Waals surface area (Å²) in [5.74, 6) is 2.38. The number of hydrogen-bond donors (Lipinski definition) is 1. The minimum absolute atomic E-state index is 0.118. The fourth-order valence-electron chi connectivity index (χ4n) is 4.15. The van der Waals surface area contributed by atoms with Crippen LogP contribution >= 0.6 is 0 Å². The third-order valence-corrected chi connectivity index (χ3v) is 5.94. The van der Waals surface area contributed by atoms with E-state index in [9.17, 15) is 4.79 Å². The first kappa shape index (κ1) is 21.1. The number of aryl methyl sites for hydroxylation is 1. The van der Waals surface area contributed by atoms with Gasteiger partial charge in [-0.25, -0.2) is 4.98 Å². The van der Waals surface area contributed by atoms with Crippen molar-refractivity contribution in [3.05, 3.63) is 69.9 Å². The van der Waals surface area contributed by atoms with Crippen LogP contribution in [0.25, 0.3) is 11.4 Å². The predicted octanol–water partition coefficient (Wildman–Crippen LogP) is 3.54. The Balaban J connectivity index is 1.45. The smallest absolute Gasteiger partial charge is 0.251 e. The van der Waals surface area contributed by atoms with Crippen molar-refractivity contribution in [2.45, 2.75) is 32.2 Å². The molecular weight excluding hydrogens is 392 g/mol. The Hall–Kier alpha value is -3.19. The summed E-state index contributed by atoms with van der Waals surface area (Å²) >= 11 is 0. The summed E-state index contributed by atoms with van der Waals surface area (Å²) in [6.45, 7) is 4.87. The fraction of sp³-hybridized carbons (Fsp3) is 0.375. The van der Waals surface area contributed by atoms with Gasteiger partial charge in [0.05, 0.1) is 19.9 Å². The molecule has 3 heterocycles. The fourth-order valence-corrected chi connectivity index (χ4v) is 4.15. The zero-order chi connectivity index (χ0) is 21.8. The van der Waals surface area contributed by atoms with Gasteiger partial charge in [0.15, 0.2) is 11.5 Å². The third-order valence-electron chi connectivity index (χ3n) is 5.94. The molecule has 1 saturated heterocycles. The van der Waals surface area contributed by atoms with E-state index in [1.54, 1.807) is 32.7 Å². The number of aromatic amines is 1. The van der Waals surface area contributed by atoms with Gasteiger partial charge in [-0.15, -0.1) is 0 Å². The number of pyridine rings is 1. The van der Waals surface area contributed by atoms with Crippen LogP contribution in [0.15, 0.2) is 47.5 Å². The maximum Gasteiger partial charge on any atom is 0.251 e. The van der Waals surface area contributed by atoms with Crippen molar-refractivity contribution in [2.75, 3.05) is 27.3 Å². The van der Waals surface area contributed by atoms with E-state index in [1.807, 2.05) is 18.2 Å². The van der Waals surface area contributed by atoms with Gasteiger partial charge in [-0.2, -0.15) is 0 Å². The van der Waals surface area contributed by atoms with Gasteiger partial charge in [0.2, 0.25) is 0 Å². The lowest BCUT2D eigenvalue weighted by Gasteiger charge is -2.32. The molecule has 0 bridgehead atoms. The number of H-pyrrole nitrogens is 1. The second-order valence-electron chi connectivity index (χ2n) is 7.94. The standard InChI is InChI=1S/C24H28N4O3/c1-16-11-21(30-2)22(31-3)12-19(16)15-28-9-6-17(7-10-28)20-13-23(29)27-24(26-20)18-5-4-8-25-14-18/h4-5,8,11-14,17H,6-7,9-10,15H2,1-3H3,(H,26,27,29). The summed E-state index contributed by atoms with van der Waals surface area (Å²) in [5, 5.41) is 0. The lowest BCUT2D eigenvalue weighted by Crippen LogP contribution is -2.33. The maximum absolute atomic E-state index is 12.2. The largest absolute Gasteiger partial charge is 0.493 e. The third kappa shape index (κ3) is 4.77. The SMILES string of the molecule is COc1cc(C)c(CN2CCC(c3cc(=O)[nH]c(-c4cccnc4)n3)CC2)cc1OC. The Labute approximate surface area is 182 Å². The van der Waals surface area contributed by atoms with E-state index in [-0.39, 0.29) is 11.5 Å². The quantitative estimate of drug-likeness (QED) is 0.657. The van der Waals surface area contributed by atoms with E-state index in [2.05, 4.69) is 27.9 Å². The Morgan fingerprint density at radius 1 is 1.13 bits per heavy atom. The number of nitrogens with zero attached hydrogens (tertiary/aromatic N) is 3. The number of piperidine rings is 1. The molecule has 4 rings (SSSR count). The molecular formula is C24H28N4O3. The molecule has 2 aromatic heterocycles. The van der Waals surface area contributed by atoms with Crippen LogP contribution in [0.3, 0.4) is 0 Å². The molecule has 162 valence electrons. The van der Waals surface area contributed by atoms with Crippen LogP contribution in [0.2, 0.25) is 0 Å². The first-order valence-corrected chi connectivity index (χ1v) is 10.5. The van der Waals surface area contributed by atoms with Gasteiger partial charge in [0, 0.05) is 36.5 Å². The molecule has 0 saturated carbocycles. The van der Waals surface area contributed by atoms with Gasteiger partial charge >= 0.3 is 0 Å². The number of ether oxygens (including phenoxy) is 2. The minimum atomic E-state index is -0.118. The summed E-state index contributed by atoms with van der Waals surface area (Å²) < 4.78 is 10.9. The van der Waals surface area contributed by atoms with Crippen LogP contribution in [0, 0.1) is 6.92 Å². The number of hydrogen-bond acceptors (Lipinski definition) is 6. The van der Waals surface area contributed by atoms with Gasteiger partial charge in [-0.1, -0.05) is 0 Å². The van der Waals surface area contributed by atoms with E-state index in [0.29, 0.717) is 5.82 Å². The molecule has 1 aliphatic rings. The summed E-state index contributed by atoms with van der Waals surface area (Å²) in [6, 6.07) is 9.48. The van der Waals surface area contributed by atoms with Gasteiger partial charge < -0.3 is 14.5 Å². The van der Waals surface area contributed by atoms with Crippen LogP contribution < -0.4 is 15.0 Å². The van der Waals surface area contributed by atoms with E-state index in [0.717, 1.165) is 55.2 Å². The summed E-state index contributed by atoms with van der Waals surface area (Å²) in [6.07, 6.45) is 5.36. The van der Waals surface area contributed by atoms with Crippen LogP contribution in [-0.2, 0) is 6.54 Å². The van der Waals surface area contributed by atoms with Crippen molar-refractivity contribution < 1.29 is 9.47 Å². The van der Waals surface area contributed by atoms with E-state index < -0.39 is 0 Å². The normalized spacial score (nSPS) is 15.1. The first-order valence-electron chi connectivity index (χ1n) is 10.5. The first-order chi connectivity index (χ1) is 15.1. The molecule has 1 fully saturated rings. The number of aromatic nitrogens is 3. The topological polar surface area (TPSA) is 80.3 Å². The summed E-state index contributed by atoms with van der Waals surface area (Å²) in [7, 11) is 3.32. The highest BCUT2D eigenvalue weighted by atomic mass is 16.5. The van der Waals surface area contributed by atoms with Crippen LogP contribution in [0.4, 0.5) is 0 Å². The number of nitrogens with one attached hydrogen (secondary N) is 1. The predicted molar refractivity (Wildman–Crippen MR) is 120 cm³/mol. The Morgan fingerprint density at radius 3 is 2.55 bits per heavy atom. The zero-order valence-electron chi connectivity index (χ0n) is 18.2. The number of methoxy groups -OCH3 is 2. The molecule has 1 aliphatic heterocycles. The molecule has 0 amide bonds.